The van der Waals surface area contributed by atoms with Gasteiger partial charge in [0.1, 0.15) is 5.75 Å². The van der Waals surface area contributed by atoms with Crippen molar-refractivity contribution < 1.29 is 29.3 Å². The van der Waals surface area contributed by atoms with Crippen molar-refractivity contribution in [1.29, 1.82) is 0 Å². The summed E-state index contributed by atoms with van der Waals surface area (Å²) in [7, 11) is 1.34. The number of esters is 2. The number of phenolic OH excluding ortho intramolecular Hbond substituents is 2. The van der Waals surface area contributed by atoms with Crippen LogP contribution in [0.25, 0.3) is 6.08 Å². The van der Waals surface area contributed by atoms with E-state index in [1.54, 1.807) is 12.1 Å². The second kappa shape index (κ2) is 7.13. The van der Waals surface area contributed by atoms with Crippen LogP contribution >= 0.6 is 0 Å². The van der Waals surface area contributed by atoms with Gasteiger partial charge >= 0.3 is 11.9 Å². The summed E-state index contributed by atoms with van der Waals surface area (Å²) in [4.78, 5) is 23.5. The zero-order chi connectivity index (χ0) is 16.8. The molecule has 6 nitrogen and oxygen atoms in total. The maximum atomic E-state index is 11.8. The minimum atomic E-state index is -0.858. The monoisotopic (exact) mass is 314 g/mol. The number of rotatable bonds is 4. The maximum absolute atomic E-state index is 11.8. The molecule has 2 aromatic rings. The van der Waals surface area contributed by atoms with E-state index in [1.807, 2.05) is 0 Å². The first-order valence-electron chi connectivity index (χ1n) is 6.60. The van der Waals surface area contributed by atoms with E-state index < -0.39 is 11.9 Å². The molecule has 6 heteroatoms. The Kier molecular flexibility index (Phi) is 4.99. The molecule has 0 fully saturated rings. The molecule has 0 radical (unpaired) electrons. The number of ether oxygens (including phenoxy) is 2. The lowest BCUT2D eigenvalue weighted by Gasteiger charge is -2.05. The molecule has 0 amide bonds. The summed E-state index contributed by atoms with van der Waals surface area (Å²) in [5.74, 6) is -1.60. The highest BCUT2D eigenvalue weighted by Crippen LogP contribution is 2.26. The van der Waals surface area contributed by atoms with Gasteiger partial charge in [-0.1, -0.05) is 12.1 Å². The number of hydrogen-bond donors (Lipinski definition) is 2. The molecule has 2 rings (SSSR count). The minimum absolute atomic E-state index is 0.0750. The van der Waals surface area contributed by atoms with Crippen molar-refractivity contribution in [1.82, 2.24) is 0 Å². The van der Waals surface area contributed by atoms with E-state index in [9.17, 15) is 14.7 Å². The van der Waals surface area contributed by atoms with Crippen LogP contribution in [0.3, 0.4) is 0 Å². The third-order valence-corrected chi connectivity index (χ3v) is 2.91. The van der Waals surface area contributed by atoms with E-state index in [-0.39, 0.29) is 22.8 Å². The lowest BCUT2D eigenvalue weighted by atomic mass is 10.2. The molecule has 2 N–H and O–H groups in total. The van der Waals surface area contributed by atoms with Crippen LogP contribution in [0, 0.1) is 0 Å². The van der Waals surface area contributed by atoms with Gasteiger partial charge in [-0.15, -0.1) is 0 Å². The van der Waals surface area contributed by atoms with Gasteiger partial charge in [0, 0.05) is 6.08 Å². The smallest absolute Gasteiger partial charge is 0.346 e. The maximum Gasteiger partial charge on any atom is 0.346 e. The fourth-order valence-electron chi connectivity index (χ4n) is 1.74. The summed E-state index contributed by atoms with van der Waals surface area (Å²) >= 11 is 0. The molecule has 0 saturated heterocycles. The quantitative estimate of drug-likeness (QED) is 0.512. The van der Waals surface area contributed by atoms with Crippen LogP contribution in [0.4, 0.5) is 0 Å². The van der Waals surface area contributed by atoms with Crippen molar-refractivity contribution >= 4 is 18.0 Å². The third-order valence-electron chi connectivity index (χ3n) is 2.91. The van der Waals surface area contributed by atoms with Gasteiger partial charge in [-0.3, -0.25) is 0 Å². The van der Waals surface area contributed by atoms with E-state index in [0.717, 1.165) is 6.08 Å². The van der Waals surface area contributed by atoms with Gasteiger partial charge in [0.2, 0.25) is 0 Å². The first-order valence-corrected chi connectivity index (χ1v) is 6.60. The third kappa shape index (κ3) is 4.34. The Bertz CT molecular complexity index is 746. The molecule has 23 heavy (non-hydrogen) atoms. The predicted octanol–water partition coefficient (Wildman–Crippen LogP) is 2.50. The number of phenols is 2. The summed E-state index contributed by atoms with van der Waals surface area (Å²) in [6.07, 6.45) is 2.55. The molecule has 0 heterocycles. The van der Waals surface area contributed by atoms with Gasteiger partial charge in [-0.25, -0.2) is 9.59 Å². The zero-order valence-corrected chi connectivity index (χ0v) is 12.2. The Morgan fingerprint density at radius 3 is 2.39 bits per heavy atom. The average Bonchev–Trinajstić information content (AvgIpc) is 2.54. The minimum Gasteiger partial charge on any atom is -0.508 e. The SMILES string of the molecule is COc1cc(C(=O)OC(=O)/C=C/c2ccc(O)cc2)ccc1O. The highest BCUT2D eigenvalue weighted by molar-refractivity contribution is 6.01. The molecular formula is C17H14O6. The Hall–Kier alpha value is -3.28. The van der Waals surface area contributed by atoms with Crippen molar-refractivity contribution in [3.8, 4) is 17.2 Å². The summed E-state index contributed by atoms with van der Waals surface area (Å²) in [6, 6.07) is 10.0. The molecule has 0 aliphatic heterocycles. The van der Waals surface area contributed by atoms with Crippen molar-refractivity contribution in [2.75, 3.05) is 7.11 Å². The predicted molar refractivity (Wildman–Crippen MR) is 82.2 cm³/mol. The molecule has 0 unspecified atom stereocenters. The molecule has 0 aliphatic rings. The van der Waals surface area contributed by atoms with Gasteiger partial charge in [-0.05, 0) is 42.0 Å². The van der Waals surface area contributed by atoms with Crippen LogP contribution in [0.2, 0.25) is 0 Å². The zero-order valence-electron chi connectivity index (χ0n) is 12.2. The first-order chi connectivity index (χ1) is 11.0. The molecule has 118 valence electrons. The van der Waals surface area contributed by atoms with Crippen molar-refractivity contribution in [3.63, 3.8) is 0 Å². The van der Waals surface area contributed by atoms with Crippen LogP contribution in [-0.4, -0.2) is 29.3 Å². The van der Waals surface area contributed by atoms with E-state index >= 15 is 0 Å². The van der Waals surface area contributed by atoms with Crippen molar-refractivity contribution in [3.05, 3.63) is 59.7 Å². The highest BCUT2D eigenvalue weighted by atomic mass is 16.6. The van der Waals surface area contributed by atoms with Crippen LogP contribution in [0.15, 0.2) is 48.5 Å². The van der Waals surface area contributed by atoms with Crippen LogP contribution < -0.4 is 4.74 Å². The van der Waals surface area contributed by atoms with Gasteiger partial charge in [0.25, 0.3) is 0 Å². The summed E-state index contributed by atoms with van der Waals surface area (Å²) in [5.41, 5.74) is 0.740. The van der Waals surface area contributed by atoms with Gasteiger partial charge in [0.05, 0.1) is 12.7 Å². The topological polar surface area (TPSA) is 93.1 Å². The number of carbonyl (C=O) groups is 2. The second-order valence-electron chi connectivity index (χ2n) is 4.52. The largest absolute Gasteiger partial charge is 0.508 e. The average molecular weight is 314 g/mol. The van der Waals surface area contributed by atoms with E-state index in [1.165, 1.54) is 43.5 Å². The lowest BCUT2D eigenvalue weighted by Crippen LogP contribution is -2.10. The fraction of sp³-hybridized carbons (Fsp3) is 0.0588. The van der Waals surface area contributed by atoms with Gasteiger partial charge in [-0.2, -0.15) is 0 Å². The molecule has 0 saturated carbocycles. The molecule has 0 aliphatic carbocycles. The normalized spacial score (nSPS) is 10.5. The Labute approximate surface area is 132 Å². The number of aromatic hydroxyl groups is 2. The molecular weight excluding hydrogens is 300 g/mol. The summed E-state index contributed by atoms with van der Waals surface area (Å²) in [6.45, 7) is 0. The number of hydrogen-bond acceptors (Lipinski definition) is 6. The van der Waals surface area contributed by atoms with Crippen molar-refractivity contribution in [2.45, 2.75) is 0 Å². The van der Waals surface area contributed by atoms with E-state index in [2.05, 4.69) is 4.74 Å². The molecule has 0 atom stereocenters. The van der Waals surface area contributed by atoms with Crippen LogP contribution in [0.5, 0.6) is 17.2 Å². The summed E-state index contributed by atoms with van der Waals surface area (Å²) < 4.78 is 9.55. The molecule has 2 aromatic carbocycles. The van der Waals surface area contributed by atoms with Gasteiger partial charge < -0.3 is 19.7 Å². The molecule has 0 bridgehead atoms. The highest BCUT2D eigenvalue weighted by Gasteiger charge is 2.13. The van der Waals surface area contributed by atoms with Crippen LogP contribution in [0.1, 0.15) is 15.9 Å². The standard InChI is InChI=1S/C17H14O6/c1-22-15-10-12(5-8-14(15)19)17(21)23-16(20)9-4-11-2-6-13(18)7-3-11/h2-10,18-19H,1H3/b9-4+. The molecule has 0 spiro atoms. The van der Waals surface area contributed by atoms with Gasteiger partial charge in [0.15, 0.2) is 11.5 Å². The van der Waals surface area contributed by atoms with E-state index in [4.69, 9.17) is 9.84 Å². The summed E-state index contributed by atoms with van der Waals surface area (Å²) in [5, 5.41) is 18.6. The second-order valence-corrected chi connectivity index (χ2v) is 4.52. The number of benzene rings is 2. The lowest BCUT2D eigenvalue weighted by molar-refractivity contribution is -0.132. The number of methoxy groups -OCH3 is 1. The fourth-order valence-corrected chi connectivity index (χ4v) is 1.74. The van der Waals surface area contributed by atoms with Crippen LogP contribution in [-0.2, 0) is 9.53 Å². The Balaban J connectivity index is 2.02. The first kappa shape index (κ1) is 16.1. The number of carbonyl (C=O) groups excluding carboxylic acids is 2. The van der Waals surface area contributed by atoms with Crippen molar-refractivity contribution in [2.24, 2.45) is 0 Å². The molecule has 0 aromatic heterocycles. The van der Waals surface area contributed by atoms with E-state index in [0.29, 0.717) is 5.56 Å². The Morgan fingerprint density at radius 2 is 1.74 bits per heavy atom. The Morgan fingerprint density at radius 1 is 1.04 bits per heavy atom.